The predicted octanol–water partition coefficient (Wildman–Crippen LogP) is 5.29. The topological polar surface area (TPSA) is 80.1 Å². The SMILES string of the molecule is O=C(NCCCc1nc2ccccc2n1CC(=O)N(C1CCCCC1)C1CCCCC1)c1ccccn1. The van der Waals surface area contributed by atoms with E-state index in [1.54, 1.807) is 18.3 Å². The van der Waals surface area contributed by atoms with Crippen LogP contribution in [0, 0.1) is 0 Å². The monoisotopic (exact) mass is 501 g/mol. The first-order valence-corrected chi connectivity index (χ1v) is 14.2. The highest BCUT2D eigenvalue weighted by atomic mass is 16.2. The molecule has 0 spiro atoms. The minimum absolute atomic E-state index is 0.167. The van der Waals surface area contributed by atoms with Gasteiger partial charge < -0.3 is 14.8 Å². The molecule has 0 atom stereocenters. The van der Waals surface area contributed by atoms with E-state index in [4.69, 9.17) is 4.98 Å². The Morgan fingerprint density at radius 2 is 1.57 bits per heavy atom. The van der Waals surface area contributed by atoms with Gasteiger partial charge in [-0.1, -0.05) is 56.7 Å². The lowest BCUT2D eigenvalue weighted by Crippen LogP contribution is -2.50. The molecule has 1 N–H and O–H groups in total. The first-order valence-electron chi connectivity index (χ1n) is 14.2. The zero-order valence-corrected chi connectivity index (χ0v) is 21.8. The van der Waals surface area contributed by atoms with Crippen LogP contribution in [0.4, 0.5) is 0 Å². The van der Waals surface area contributed by atoms with Crippen LogP contribution in [-0.4, -0.2) is 49.9 Å². The molecule has 3 aromatic rings. The van der Waals surface area contributed by atoms with Gasteiger partial charge >= 0.3 is 0 Å². The minimum Gasteiger partial charge on any atom is -0.351 e. The number of nitrogens with zero attached hydrogens (tertiary/aromatic N) is 4. The summed E-state index contributed by atoms with van der Waals surface area (Å²) in [7, 11) is 0. The summed E-state index contributed by atoms with van der Waals surface area (Å²) in [6, 6.07) is 14.2. The van der Waals surface area contributed by atoms with Crippen molar-refractivity contribution in [3.8, 4) is 0 Å². The van der Waals surface area contributed by atoms with E-state index in [1.165, 1.54) is 38.5 Å². The molecule has 2 aliphatic rings. The fourth-order valence-electron chi connectivity index (χ4n) is 6.17. The molecular weight excluding hydrogens is 462 g/mol. The van der Waals surface area contributed by atoms with E-state index in [9.17, 15) is 9.59 Å². The number of hydrogen-bond donors (Lipinski definition) is 1. The Labute approximate surface area is 219 Å². The molecule has 5 rings (SSSR count). The van der Waals surface area contributed by atoms with Crippen molar-refractivity contribution in [3.05, 3.63) is 60.2 Å². The quantitative estimate of drug-likeness (QED) is 0.404. The summed E-state index contributed by atoms with van der Waals surface area (Å²) in [6.07, 6.45) is 15.1. The Kier molecular flexibility index (Phi) is 8.49. The molecule has 0 radical (unpaired) electrons. The number of hydrogen-bond acceptors (Lipinski definition) is 4. The van der Waals surface area contributed by atoms with Gasteiger partial charge in [0.25, 0.3) is 5.91 Å². The zero-order chi connectivity index (χ0) is 25.5. The van der Waals surface area contributed by atoms with Crippen LogP contribution in [0.25, 0.3) is 11.0 Å². The van der Waals surface area contributed by atoms with Gasteiger partial charge in [0.05, 0.1) is 11.0 Å². The van der Waals surface area contributed by atoms with Crippen LogP contribution in [-0.2, 0) is 17.8 Å². The van der Waals surface area contributed by atoms with Crippen LogP contribution in [0.3, 0.4) is 0 Å². The smallest absolute Gasteiger partial charge is 0.269 e. The molecular formula is C30H39N5O2. The van der Waals surface area contributed by atoms with Crippen molar-refractivity contribution in [1.29, 1.82) is 0 Å². The molecule has 0 unspecified atom stereocenters. The maximum atomic E-state index is 14.0. The third-order valence-electron chi connectivity index (χ3n) is 8.01. The number of pyridine rings is 1. The second-order valence-corrected chi connectivity index (χ2v) is 10.6. The summed E-state index contributed by atoms with van der Waals surface area (Å²) < 4.78 is 2.12. The van der Waals surface area contributed by atoms with E-state index in [1.807, 2.05) is 24.3 Å². The molecule has 7 nitrogen and oxygen atoms in total. The Hall–Kier alpha value is -3.22. The maximum absolute atomic E-state index is 14.0. The number of carbonyl (C=O) groups is 2. The molecule has 2 aromatic heterocycles. The Bertz CT molecular complexity index is 1160. The summed E-state index contributed by atoms with van der Waals surface area (Å²) in [4.78, 5) is 37.6. The molecule has 2 amide bonds. The van der Waals surface area contributed by atoms with E-state index in [2.05, 4.69) is 25.8 Å². The molecule has 196 valence electrons. The maximum Gasteiger partial charge on any atom is 0.269 e. The number of fused-ring (bicyclic) bond motifs is 1. The van der Waals surface area contributed by atoms with Crippen LogP contribution >= 0.6 is 0 Å². The van der Waals surface area contributed by atoms with Gasteiger partial charge in [0.1, 0.15) is 18.1 Å². The fourth-order valence-corrected chi connectivity index (χ4v) is 6.17. The molecule has 2 aliphatic carbocycles. The molecule has 2 fully saturated rings. The summed E-state index contributed by atoms with van der Waals surface area (Å²) in [5.41, 5.74) is 2.35. The molecule has 2 saturated carbocycles. The van der Waals surface area contributed by atoms with E-state index < -0.39 is 0 Å². The molecule has 1 aromatic carbocycles. The Morgan fingerprint density at radius 3 is 2.24 bits per heavy atom. The number of aromatic nitrogens is 3. The van der Waals surface area contributed by atoms with Gasteiger partial charge in [-0.05, 0) is 56.4 Å². The third-order valence-corrected chi connectivity index (χ3v) is 8.01. The van der Waals surface area contributed by atoms with Gasteiger partial charge in [-0.15, -0.1) is 0 Å². The van der Waals surface area contributed by atoms with Crippen molar-refractivity contribution in [2.75, 3.05) is 6.54 Å². The van der Waals surface area contributed by atoms with Gasteiger partial charge in [-0.25, -0.2) is 4.98 Å². The average molecular weight is 502 g/mol. The fraction of sp³-hybridized carbons (Fsp3) is 0.533. The lowest BCUT2D eigenvalue weighted by atomic mass is 9.88. The highest BCUT2D eigenvalue weighted by Crippen LogP contribution is 2.31. The van der Waals surface area contributed by atoms with Crippen molar-refractivity contribution in [2.45, 2.75) is 95.7 Å². The second kappa shape index (κ2) is 12.3. The highest BCUT2D eigenvalue weighted by molar-refractivity contribution is 5.92. The largest absolute Gasteiger partial charge is 0.351 e. The van der Waals surface area contributed by atoms with Crippen molar-refractivity contribution < 1.29 is 9.59 Å². The molecule has 0 bridgehead atoms. The van der Waals surface area contributed by atoms with Crippen LogP contribution in [0.15, 0.2) is 48.7 Å². The van der Waals surface area contributed by atoms with E-state index in [-0.39, 0.29) is 11.8 Å². The highest BCUT2D eigenvalue weighted by Gasteiger charge is 2.33. The summed E-state index contributed by atoms with van der Waals surface area (Å²) in [6.45, 7) is 0.867. The standard InChI is InChI=1S/C30H39N5O2/c36-29(35(23-12-3-1-4-13-23)24-14-5-2-6-15-24)22-34-27-18-8-7-16-25(27)33-28(34)19-11-21-32-30(37)26-17-9-10-20-31-26/h7-10,16-18,20,23-24H,1-6,11-15,19,21-22H2,(H,32,37). The van der Waals surface area contributed by atoms with Crippen LogP contribution in [0.1, 0.15) is 86.9 Å². The first kappa shape index (κ1) is 25.4. The van der Waals surface area contributed by atoms with E-state index in [0.29, 0.717) is 37.3 Å². The lowest BCUT2D eigenvalue weighted by Gasteiger charge is -2.42. The number of para-hydroxylation sites is 2. The number of benzene rings is 1. The van der Waals surface area contributed by atoms with Crippen molar-refractivity contribution in [1.82, 2.24) is 24.8 Å². The van der Waals surface area contributed by atoms with Gasteiger partial charge in [0.15, 0.2) is 0 Å². The Morgan fingerprint density at radius 1 is 0.892 bits per heavy atom. The normalized spacial score (nSPS) is 17.1. The summed E-state index contributed by atoms with van der Waals surface area (Å²) in [5, 5.41) is 2.95. The molecule has 2 heterocycles. The van der Waals surface area contributed by atoms with Crippen LogP contribution in [0.2, 0.25) is 0 Å². The summed E-state index contributed by atoms with van der Waals surface area (Å²) in [5.74, 6) is 0.986. The van der Waals surface area contributed by atoms with E-state index >= 15 is 0 Å². The lowest BCUT2D eigenvalue weighted by molar-refractivity contribution is -0.138. The first-order chi connectivity index (χ1) is 18.2. The minimum atomic E-state index is -0.167. The van der Waals surface area contributed by atoms with Gasteiger partial charge in [-0.2, -0.15) is 0 Å². The van der Waals surface area contributed by atoms with E-state index in [0.717, 1.165) is 49.0 Å². The zero-order valence-electron chi connectivity index (χ0n) is 21.8. The number of imidazole rings is 1. The van der Waals surface area contributed by atoms with Crippen LogP contribution in [0.5, 0.6) is 0 Å². The number of rotatable bonds is 9. The van der Waals surface area contributed by atoms with Gasteiger partial charge in [-0.3, -0.25) is 14.6 Å². The van der Waals surface area contributed by atoms with Crippen molar-refractivity contribution in [2.24, 2.45) is 0 Å². The predicted molar refractivity (Wildman–Crippen MR) is 145 cm³/mol. The molecule has 7 heteroatoms. The third kappa shape index (κ3) is 6.20. The number of aryl methyl sites for hydroxylation is 1. The molecule has 0 saturated heterocycles. The summed E-state index contributed by atoms with van der Waals surface area (Å²) >= 11 is 0. The van der Waals surface area contributed by atoms with Gasteiger partial charge in [0.2, 0.25) is 5.91 Å². The number of carbonyl (C=O) groups excluding carboxylic acids is 2. The Balaban J connectivity index is 1.30. The molecule has 0 aliphatic heterocycles. The number of nitrogens with one attached hydrogen (secondary N) is 1. The number of amides is 2. The van der Waals surface area contributed by atoms with Gasteiger partial charge in [0, 0.05) is 31.2 Å². The second-order valence-electron chi connectivity index (χ2n) is 10.6. The van der Waals surface area contributed by atoms with Crippen molar-refractivity contribution in [3.63, 3.8) is 0 Å². The van der Waals surface area contributed by atoms with Crippen molar-refractivity contribution >= 4 is 22.8 Å². The van der Waals surface area contributed by atoms with Crippen LogP contribution < -0.4 is 5.32 Å². The molecule has 37 heavy (non-hydrogen) atoms. The average Bonchev–Trinajstić information content (AvgIpc) is 3.29.